The van der Waals surface area contributed by atoms with Gasteiger partial charge in [-0.15, -0.1) is 32.9 Å². The molecule has 1 saturated carbocycles. The first-order valence-electron chi connectivity index (χ1n) is 9.33. The molecule has 11 heteroatoms. The van der Waals surface area contributed by atoms with Gasteiger partial charge in [0, 0.05) is 33.7 Å². The lowest BCUT2D eigenvalue weighted by molar-refractivity contribution is -0.116. The number of amides is 1. The molecule has 0 aliphatic heterocycles. The largest absolute Gasteiger partial charge is 0.309 e. The molecule has 5 rings (SSSR count). The summed E-state index contributed by atoms with van der Waals surface area (Å²) < 4.78 is 0.751. The van der Waals surface area contributed by atoms with Gasteiger partial charge >= 0.3 is 0 Å². The number of aryl methyl sites for hydroxylation is 1. The van der Waals surface area contributed by atoms with E-state index >= 15 is 0 Å². The van der Waals surface area contributed by atoms with Crippen LogP contribution in [0.25, 0.3) is 20.7 Å². The zero-order valence-electron chi connectivity index (χ0n) is 16.2. The number of anilines is 1. The quantitative estimate of drug-likeness (QED) is 0.322. The van der Waals surface area contributed by atoms with E-state index < -0.39 is 0 Å². The first-order valence-corrected chi connectivity index (χ1v) is 12.8. The molecule has 154 valence electrons. The minimum Gasteiger partial charge on any atom is -0.309 e. The lowest BCUT2D eigenvalue weighted by atomic mass is 10.2. The molecule has 0 unspecified atom stereocenters. The second-order valence-electron chi connectivity index (χ2n) is 7.01. The summed E-state index contributed by atoms with van der Waals surface area (Å²) in [6.45, 7) is 3.61. The van der Waals surface area contributed by atoms with Crippen molar-refractivity contribution in [3.63, 3.8) is 0 Å². The number of hydrogen-bond donors (Lipinski definition) is 1. The van der Waals surface area contributed by atoms with Gasteiger partial charge in [0.2, 0.25) is 11.0 Å². The Morgan fingerprint density at radius 3 is 2.83 bits per heavy atom. The Bertz CT molecular complexity index is 1300. The highest BCUT2D eigenvalue weighted by Gasteiger charge is 2.34. The Labute approximate surface area is 188 Å². The molecule has 0 bridgehead atoms. The lowest BCUT2D eigenvalue weighted by Gasteiger charge is -2.15. The molecule has 4 aromatic rings. The summed E-state index contributed by atoms with van der Waals surface area (Å²) in [7, 11) is 0. The van der Waals surface area contributed by atoms with Crippen molar-refractivity contribution in [1.29, 1.82) is 0 Å². The van der Waals surface area contributed by atoms with Gasteiger partial charge in [-0.2, -0.15) is 0 Å². The van der Waals surface area contributed by atoms with Crippen LogP contribution in [0, 0.1) is 6.92 Å². The third kappa shape index (κ3) is 3.82. The smallest absolute Gasteiger partial charge is 0.260 e. The number of fused-ring (bicyclic) bond motifs is 1. The molecule has 1 fully saturated rings. The van der Waals surface area contributed by atoms with E-state index in [2.05, 4.69) is 33.2 Å². The molecule has 7 nitrogen and oxygen atoms in total. The molecular formula is C19H17N5O2S4. The fourth-order valence-corrected chi connectivity index (χ4v) is 6.94. The third-order valence-electron chi connectivity index (χ3n) is 4.68. The second-order valence-corrected chi connectivity index (χ2v) is 11.3. The number of carbonyl (C=O) groups excluding carboxylic acids is 1. The van der Waals surface area contributed by atoms with Crippen molar-refractivity contribution in [2.45, 2.75) is 42.8 Å². The molecule has 4 aromatic heterocycles. The van der Waals surface area contributed by atoms with Crippen LogP contribution in [0.5, 0.6) is 0 Å². The molecule has 0 saturated heterocycles. The van der Waals surface area contributed by atoms with Crippen molar-refractivity contribution in [3.05, 3.63) is 38.6 Å². The highest BCUT2D eigenvalue weighted by molar-refractivity contribution is 8.00. The molecule has 30 heavy (non-hydrogen) atoms. The SMILES string of the molecule is CC(=O)N(c1nnc(SCc2nc3scc(-c4ccc(C)s4)c3c(=O)[nH]2)s1)C1CC1. The van der Waals surface area contributed by atoms with Crippen LogP contribution < -0.4 is 10.5 Å². The second kappa shape index (κ2) is 7.88. The molecule has 4 heterocycles. The van der Waals surface area contributed by atoms with Crippen molar-refractivity contribution in [2.75, 3.05) is 4.90 Å². The van der Waals surface area contributed by atoms with Crippen molar-refractivity contribution in [3.8, 4) is 10.4 Å². The topological polar surface area (TPSA) is 91.8 Å². The number of carbonyl (C=O) groups is 1. The van der Waals surface area contributed by atoms with Crippen LogP contribution in [0.1, 0.15) is 30.5 Å². The van der Waals surface area contributed by atoms with Gasteiger partial charge in [-0.05, 0) is 31.9 Å². The van der Waals surface area contributed by atoms with E-state index in [0.29, 0.717) is 22.1 Å². The maximum atomic E-state index is 12.8. The Kier molecular flexibility index (Phi) is 5.21. The van der Waals surface area contributed by atoms with E-state index in [1.807, 2.05) is 11.4 Å². The maximum absolute atomic E-state index is 12.8. The predicted molar refractivity (Wildman–Crippen MR) is 124 cm³/mol. The molecule has 1 aliphatic rings. The van der Waals surface area contributed by atoms with Crippen LogP contribution in [0.15, 0.2) is 26.6 Å². The van der Waals surface area contributed by atoms with E-state index in [-0.39, 0.29) is 17.5 Å². The van der Waals surface area contributed by atoms with Crippen LogP contribution >= 0.6 is 45.8 Å². The lowest BCUT2D eigenvalue weighted by Crippen LogP contribution is -2.30. The van der Waals surface area contributed by atoms with Crippen molar-refractivity contribution < 1.29 is 4.79 Å². The van der Waals surface area contributed by atoms with Gasteiger partial charge in [0.25, 0.3) is 5.56 Å². The van der Waals surface area contributed by atoms with Crippen LogP contribution in [-0.2, 0) is 10.5 Å². The van der Waals surface area contributed by atoms with Crippen molar-refractivity contribution in [1.82, 2.24) is 20.2 Å². The summed E-state index contributed by atoms with van der Waals surface area (Å²) in [4.78, 5) is 37.0. The minimum atomic E-state index is -0.118. The van der Waals surface area contributed by atoms with Gasteiger partial charge in [-0.3, -0.25) is 14.5 Å². The van der Waals surface area contributed by atoms with Crippen LogP contribution in [-0.4, -0.2) is 32.1 Å². The van der Waals surface area contributed by atoms with Crippen molar-refractivity contribution in [2.24, 2.45) is 0 Å². The summed E-state index contributed by atoms with van der Waals surface area (Å²) in [5.41, 5.74) is 0.826. The van der Waals surface area contributed by atoms with E-state index in [1.165, 1.54) is 39.3 Å². The monoisotopic (exact) mass is 475 g/mol. The maximum Gasteiger partial charge on any atom is 0.260 e. The molecule has 0 atom stereocenters. The van der Waals surface area contributed by atoms with Crippen LogP contribution in [0.2, 0.25) is 0 Å². The summed E-state index contributed by atoms with van der Waals surface area (Å²) in [5.74, 6) is 1.08. The number of nitrogens with zero attached hydrogens (tertiary/aromatic N) is 4. The number of thiophene rings is 2. The van der Waals surface area contributed by atoms with Gasteiger partial charge in [-0.25, -0.2) is 4.98 Å². The highest BCUT2D eigenvalue weighted by atomic mass is 32.2. The number of nitrogens with one attached hydrogen (secondary N) is 1. The fourth-order valence-electron chi connectivity index (χ4n) is 3.19. The standard InChI is InChI=1S/C19H17N5O2S4/c1-9-3-6-13(29-9)12-7-27-17-15(12)16(26)20-14(21-17)8-28-19-23-22-18(30-19)24(10(2)25)11-4-5-11/h3,6-7,11H,4-5,8H2,1-2H3,(H,20,21,26). The Hall–Kier alpha value is -2.08. The predicted octanol–water partition coefficient (Wildman–Crippen LogP) is 4.68. The number of rotatable bonds is 6. The molecule has 0 aromatic carbocycles. The van der Waals surface area contributed by atoms with Crippen molar-refractivity contribution >= 4 is 67.0 Å². The number of aromatic amines is 1. The summed E-state index contributed by atoms with van der Waals surface area (Å²) in [5, 5.41) is 11.7. The van der Waals surface area contributed by atoms with Crippen LogP contribution in [0.4, 0.5) is 5.13 Å². The summed E-state index contributed by atoms with van der Waals surface area (Å²) >= 11 is 6.02. The summed E-state index contributed by atoms with van der Waals surface area (Å²) in [6.07, 6.45) is 2.03. The molecular weight excluding hydrogens is 459 g/mol. The third-order valence-corrected chi connectivity index (χ3v) is 8.66. The normalized spacial score (nSPS) is 13.8. The molecule has 0 radical (unpaired) electrons. The number of hydrogen-bond acceptors (Lipinski definition) is 9. The minimum absolute atomic E-state index is 0.00363. The Balaban J connectivity index is 1.35. The van der Waals surface area contributed by atoms with Gasteiger partial charge in [-0.1, -0.05) is 23.1 Å². The molecule has 1 N–H and O–H groups in total. The first-order chi connectivity index (χ1) is 14.5. The zero-order chi connectivity index (χ0) is 20.8. The van der Waals surface area contributed by atoms with E-state index in [4.69, 9.17) is 0 Å². The van der Waals surface area contributed by atoms with E-state index in [9.17, 15) is 9.59 Å². The van der Waals surface area contributed by atoms with Gasteiger partial charge in [0.1, 0.15) is 10.7 Å². The summed E-state index contributed by atoms with van der Waals surface area (Å²) in [6, 6.07) is 4.36. The Morgan fingerprint density at radius 2 is 2.13 bits per heavy atom. The molecule has 0 spiro atoms. The number of thioether (sulfide) groups is 1. The zero-order valence-corrected chi connectivity index (χ0v) is 19.4. The van der Waals surface area contributed by atoms with Crippen LogP contribution in [0.3, 0.4) is 0 Å². The molecule has 1 amide bonds. The average molecular weight is 476 g/mol. The molecule has 1 aliphatic carbocycles. The Morgan fingerprint density at radius 1 is 1.30 bits per heavy atom. The van der Waals surface area contributed by atoms with Gasteiger partial charge in [0.15, 0.2) is 4.34 Å². The van der Waals surface area contributed by atoms with E-state index in [0.717, 1.165) is 32.5 Å². The van der Waals surface area contributed by atoms with Gasteiger partial charge in [0.05, 0.1) is 11.1 Å². The number of H-pyrrole nitrogens is 1. The fraction of sp³-hybridized carbons (Fsp3) is 0.316. The average Bonchev–Trinajstić information content (AvgIpc) is 3.08. The first kappa shape index (κ1) is 19.9. The highest BCUT2D eigenvalue weighted by Crippen LogP contribution is 2.37. The van der Waals surface area contributed by atoms with Gasteiger partial charge < -0.3 is 4.98 Å². The number of aromatic nitrogens is 4. The van der Waals surface area contributed by atoms with E-state index in [1.54, 1.807) is 23.2 Å².